The second kappa shape index (κ2) is 6.69. The Morgan fingerprint density at radius 2 is 1.76 bits per heavy atom. The Labute approximate surface area is 117 Å². The molecule has 122 valence electrons. The molecule has 0 aromatic carbocycles. The molecule has 9 heteroatoms. The van der Waals surface area contributed by atoms with Gasteiger partial charge in [-0.15, -0.1) is 0 Å². The van der Waals surface area contributed by atoms with Crippen molar-refractivity contribution >= 4 is 0 Å². The van der Waals surface area contributed by atoms with Crippen LogP contribution in [0, 0.1) is 6.92 Å². The summed E-state index contributed by atoms with van der Waals surface area (Å²) >= 11 is 0. The van der Waals surface area contributed by atoms with Gasteiger partial charge < -0.3 is 14.5 Å². The molecule has 0 radical (unpaired) electrons. The molecule has 1 aromatic heterocycles. The van der Waals surface area contributed by atoms with Crippen molar-refractivity contribution in [2.75, 3.05) is 6.54 Å². The molecule has 0 amide bonds. The number of ether oxygens (including phenoxy) is 1. The van der Waals surface area contributed by atoms with E-state index in [2.05, 4.69) is 10.1 Å². The smallest absolute Gasteiger partial charge is 0.423 e. The summed E-state index contributed by atoms with van der Waals surface area (Å²) < 4.78 is 82.8. The first-order valence-corrected chi connectivity index (χ1v) is 6.09. The van der Waals surface area contributed by atoms with Crippen molar-refractivity contribution in [2.24, 2.45) is 0 Å². The summed E-state index contributed by atoms with van der Waals surface area (Å²) in [7, 11) is 0. The average Bonchev–Trinajstić information content (AvgIpc) is 2.64. The molecule has 3 nitrogen and oxygen atoms in total. The summed E-state index contributed by atoms with van der Waals surface area (Å²) in [5.74, 6) is 0.366. The van der Waals surface area contributed by atoms with Crippen LogP contribution in [0.4, 0.5) is 26.3 Å². The summed E-state index contributed by atoms with van der Waals surface area (Å²) in [6.07, 6.45) is -14.9. The van der Waals surface area contributed by atoms with Crippen LogP contribution >= 0.6 is 0 Å². The summed E-state index contributed by atoms with van der Waals surface area (Å²) in [6.45, 7) is 3.57. The van der Waals surface area contributed by atoms with Crippen molar-refractivity contribution in [1.82, 2.24) is 5.32 Å². The van der Waals surface area contributed by atoms with E-state index in [0.717, 1.165) is 0 Å². The highest BCUT2D eigenvalue weighted by atomic mass is 19.4. The zero-order valence-corrected chi connectivity index (χ0v) is 11.4. The second-order valence-electron chi connectivity index (χ2n) is 4.37. The van der Waals surface area contributed by atoms with Crippen LogP contribution in [0.3, 0.4) is 0 Å². The van der Waals surface area contributed by atoms with E-state index in [4.69, 9.17) is 4.42 Å². The van der Waals surface area contributed by atoms with E-state index < -0.39 is 25.1 Å². The molecule has 0 unspecified atom stereocenters. The SMILES string of the molecule is CCNCc1oc(COC(C(F)(F)F)C(F)(F)F)cc1C. The Hall–Kier alpha value is -1.22. The van der Waals surface area contributed by atoms with Crippen molar-refractivity contribution < 1.29 is 35.5 Å². The van der Waals surface area contributed by atoms with Crippen LogP contribution in [0.1, 0.15) is 24.0 Å². The maximum atomic E-state index is 12.3. The van der Waals surface area contributed by atoms with Crippen LogP contribution in [-0.4, -0.2) is 25.0 Å². The molecule has 1 heterocycles. The van der Waals surface area contributed by atoms with E-state index in [1.165, 1.54) is 6.07 Å². The third-order valence-corrected chi connectivity index (χ3v) is 2.59. The van der Waals surface area contributed by atoms with Crippen molar-refractivity contribution in [3.8, 4) is 0 Å². The molecule has 0 aliphatic carbocycles. The fourth-order valence-corrected chi connectivity index (χ4v) is 1.62. The number of alkyl halides is 6. The third-order valence-electron chi connectivity index (χ3n) is 2.59. The van der Waals surface area contributed by atoms with Gasteiger partial charge in [-0.1, -0.05) is 6.92 Å². The van der Waals surface area contributed by atoms with Gasteiger partial charge in [0.25, 0.3) is 0 Å². The molecule has 1 rings (SSSR count). The molecule has 0 fully saturated rings. The molecular formula is C12H15F6NO2. The van der Waals surface area contributed by atoms with Crippen LogP contribution in [0.5, 0.6) is 0 Å². The molecule has 0 spiro atoms. The number of rotatable bonds is 6. The van der Waals surface area contributed by atoms with Crippen molar-refractivity contribution in [3.63, 3.8) is 0 Å². The van der Waals surface area contributed by atoms with Crippen molar-refractivity contribution in [1.29, 1.82) is 0 Å². The maximum Gasteiger partial charge on any atom is 0.423 e. The van der Waals surface area contributed by atoms with E-state index in [1.54, 1.807) is 6.92 Å². The number of hydrogen-bond acceptors (Lipinski definition) is 3. The van der Waals surface area contributed by atoms with Crippen LogP contribution in [-0.2, 0) is 17.9 Å². The number of hydrogen-bond donors (Lipinski definition) is 1. The van der Waals surface area contributed by atoms with Crippen molar-refractivity contribution in [2.45, 2.75) is 45.5 Å². The summed E-state index contributed by atoms with van der Waals surface area (Å²) in [4.78, 5) is 0. The number of halogens is 6. The van der Waals surface area contributed by atoms with Crippen molar-refractivity contribution in [3.05, 3.63) is 23.2 Å². The first-order valence-electron chi connectivity index (χ1n) is 6.09. The molecule has 0 saturated carbocycles. The summed E-state index contributed by atoms with van der Waals surface area (Å²) in [6, 6.07) is 1.36. The summed E-state index contributed by atoms with van der Waals surface area (Å²) in [5.41, 5.74) is 0.630. The van der Waals surface area contributed by atoms with Crippen LogP contribution in [0.25, 0.3) is 0 Å². The minimum atomic E-state index is -5.52. The second-order valence-corrected chi connectivity index (χ2v) is 4.37. The number of nitrogens with one attached hydrogen (secondary N) is 1. The Kier molecular flexibility index (Phi) is 5.68. The average molecular weight is 319 g/mol. The summed E-state index contributed by atoms with van der Waals surface area (Å²) in [5, 5.41) is 2.94. The van der Waals surface area contributed by atoms with E-state index in [0.29, 0.717) is 24.4 Å². The van der Waals surface area contributed by atoms with Gasteiger partial charge in [-0.05, 0) is 25.1 Å². The van der Waals surface area contributed by atoms with E-state index in [-0.39, 0.29) is 5.76 Å². The van der Waals surface area contributed by atoms with E-state index in [9.17, 15) is 26.3 Å². The molecule has 0 aliphatic heterocycles. The van der Waals surface area contributed by atoms with Gasteiger partial charge in [0, 0.05) is 0 Å². The zero-order chi connectivity index (χ0) is 16.3. The Morgan fingerprint density at radius 1 is 1.19 bits per heavy atom. The zero-order valence-electron chi connectivity index (χ0n) is 11.4. The topological polar surface area (TPSA) is 34.4 Å². The van der Waals surface area contributed by atoms with Gasteiger partial charge in [0.1, 0.15) is 18.1 Å². The minimum Gasteiger partial charge on any atom is -0.462 e. The lowest BCUT2D eigenvalue weighted by molar-refractivity contribution is -0.325. The standard InChI is InChI=1S/C12H15F6NO2/c1-3-19-5-9-7(2)4-8(21-9)6-20-10(11(13,14)15)12(16,17)18/h4,10,19H,3,5-6H2,1-2H3. The van der Waals surface area contributed by atoms with Crippen LogP contribution < -0.4 is 5.32 Å². The highest BCUT2D eigenvalue weighted by molar-refractivity contribution is 5.19. The van der Waals surface area contributed by atoms with Gasteiger partial charge in [-0.25, -0.2) is 0 Å². The fraction of sp³-hybridized carbons (Fsp3) is 0.667. The Bertz CT molecular complexity index is 438. The lowest BCUT2D eigenvalue weighted by Crippen LogP contribution is -2.44. The number of aryl methyl sites for hydroxylation is 1. The Balaban J connectivity index is 2.73. The molecule has 1 N–H and O–H groups in total. The molecule has 1 aromatic rings. The van der Waals surface area contributed by atoms with Gasteiger partial charge in [0.05, 0.1) is 6.54 Å². The quantitative estimate of drug-likeness (QED) is 0.812. The van der Waals surface area contributed by atoms with Crippen LogP contribution in [0.2, 0.25) is 0 Å². The lowest BCUT2D eigenvalue weighted by Gasteiger charge is -2.22. The largest absolute Gasteiger partial charge is 0.462 e. The fourth-order valence-electron chi connectivity index (χ4n) is 1.62. The van der Waals surface area contributed by atoms with Crippen LogP contribution in [0.15, 0.2) is 10.5 Å². The molecule has 0 bridgehead atoms. The predicted octanol–water partition coefficient (Wildman–Crippen LogP) is 3.71. The highest BCUT2D eigenvalue weighted by Crippen LogP contribution is 2.36. The number of furan rings is 1. The normalized spacial score (nSPS) is 13.2. The predicted molar refractivity (Wildman–Crippen MR) is 61.5 cm³/mol. The molecule has 0 atom stereocenters. The third kappa shape index (κ3) is 5.24. The van der Waals surface area contributed by atoms with Gasteiger partial charge in [-0.2, -0.15) is 26.3 Å². The lowest BCUT2D eigenvalue weighted by atomic mass is 10.2. The highest BCUT2D eigenvalue weighted by Gasteiger charge is 2.58. The van der Waals surface area contributed by atoms with Gasteiger partial charge in [0.15, 0.2) is 0 Å². The minimum absolute atomic E-state index is 0.0843. The first-order chi connectivity index (χ1) is 9.55. The molecule has 0 aliphatic rings. The monoisotopic (exact) mass is 319 g/mol. The molecule has 21 heavy (non-hydrogen) atoms. The Morgan fingerprint density at radius 3 is 2.24 bits per heavy atom. The van der Waals surface area contributed by atoms with Gasteiger partial charge >= 0.3 is 12.4 Å². The molecular weight excluding hydrogens is 304 g/mol. The van der Waals surface area contributed by atoms with Gasteiger partial charge in [-0.3, -0.25) is 0 Å². The van der Waals surface area contributed by atoms with E-state index in [1.807, 2.05) is 6.92 Å². The first kappa shape index (κ1) is 17.8. The van der Waals surface area contributed by atoms with E-state index >= 15 is 0 Å². The maximum absolute atomic E-state index is 12.3. The van der Waals surface area contributed by atoms with Gasteiger partial charge in [0.2, 0.25) is 6.10 Å². The molecule has 0 saturated heterocycles.